The van der Waals surface area contributed by atoms with Gasteiger partial charge in [0.2, 0.25) is 0 Å². The van der Waals surface area contributed by atoms with E-state index < -0.39 is 0 Å². The van der Waals surface area contributed by atoms with Gasteiger partial charge in [0.1, 0.15) is 5.75 Å². The highest BCUT2D eigenvalue weighted by Crippen LogP contribution is 2.23. The van der Waals surface area contributed by atoms with E-state index >= 15 is 0 Å². The Morgan fingerprint density at radius 2 is 1.86 bits per heavy atom. The highest BCUT2D eigenvalue weighted by molar-refractivity contribution is 5.29. The molecule has 0 aromatic heterocycles. The predicted molar refractivity (Wildman–Crippen MR) is 87.8 cm³/mol. The molecule has 1 aromatic carbocycles. The first-order valence-corrected chi connectivity index (χ1v) is 7.71. The summed E-state index contributed by atoms with van der Waals surface area (Å²) in [6.45, 7) is 8.70. The number of ether oxygens (including phenoxy) is 1. The third-order valence-corrected chi connectivity index (χ3v) is 3.78. The second-order valence-electron chi connectivity index (χ2n) is 5.91. The van der Waals surface area contributed by atoms with E-state index in [2.05, 4.69) is 43.1 Å². The van der Waals surface area contributed by atoms with Crippen LogP contribution in [-0.2, 0) is 0 Å². The Balaban J connectivity index is 2.61. The lowest BCUT2D eigenvalue weighted by atomic mass is 9.96. The van der Waals surface area contributed by atoms with Crippen LogP contribution in [0.1, 0.15) is 32.4 Å². The molecule has 0 amide bonds. The van der Waals surface area contributed by atoms with Crippen LogP contribution in [0.3, 0.4) is 0 Å². The fourth-order valence-corrected chi connectivity index (χ4v) is 2.37. The van der Waals surface area contributed by atoms with Gasteiger partial charge in [0.05, 0.1) is 13.2 Å². The van der Waals surface area contributed by atoms with Gasteiger partial charge in [0.15, 0.2) is 0 Å². The summed E-state index contributed by atoms with van der Waals surface area (Å²) in [6, 6.07) is 8.36. The minimum Gasteiger partial charge on any atom is -0.497 e. The number of methoxy groups -OCH3 is 1. The second kappa shape index (κ2) is 9.03. The average molecular weight is 294 g/mol. The number of nitrogens with one attached hydrogen (secondary N) is 1. The van der Waals surface area contributed by atoms with Crippen LogP contribution in [0.2, 0.25) is 0 Å². The molecule has 0 heterocycles. The molecule has 0 radical (unpaired) electrons. The van der Waals surface area contributed by atoms with Crippen LogP contribution >= 0.6 is 0 Å². The predicted octanol–water partition coefficient (Wildman–Crippen LogP) is 2.29. The molecule has 0 spiro atoms. The van der Waals surface area contributed by atoms with Crippen LogP contribution in [0, 0.1) is 5.92 Å². The standard InChI is InChI=1S/C17H30N2O2/c1-6-19(4)12-15(20)11-18-17(13(2)3)14-7-9-16(21-5)10-8-14/h7-10,13,15,17-18,20H,6,11-12H2,1-5H3. The van der Waals surface area contributed by atoms with Crippen LogP contribution in [0.25, 0.3) is 0 Å². The van der Waals surface area contributed by atoms with E-state index in [1.807, 2.05) is 19.2 Å². The minimum atomic E-state index is -0.352. The van der Waals surface area contributed by atoms with Crippen LogP contribution in [-0.4, -0.2) is 49.9 Å². The molecule has 0 fully saturated rings. The van der Waals surface area contributed by atoms with Gasteiger partial charge in [-0.05, 0) is 37.2 Å². The molecule has 0 bridgehead atoms. The normalized spacial score (nSPS) is 14.5. The zero-order chi connectivity index (χ0) is 15.8. The zero-order valence-corrected chi connectivity index (χ0v) is 14.0. The lowest BCUT2D eigenvalue weighted by Gasteiger charge is -2.26. The Labute approximate surface area is 129 Å². The lowest BCUT2D eigenvalue weighted by Crippen LogP contribution is -2.39. The van der Waals surface area contributed by atoms with Crippen molar-refractivity contribution in [3.8, 4) is 5.75 Å². The first kappa shape index (κ1) is 18.0. The second-order valence-corrected chi connectivity index (χ2v) is 5.91. The zero-order valence-electron chi connectivity index (χ0n) is 14.0. The molecule has 4 nitrogen and oxygen atoms in total. The molecule has 2 N–H and O–H groups in total. The van der Waals surface area contributed by atoms with Crippen molar-refractivity contribution < 1.29 is 9.84 Å². The van der Waals surface area contributed by atoms with Crippen molar-refractivity contribution >= 4 is 0 Å². The summed E-state index contributed by atoms with van der Waals surface area (Å²) < 4.78 is 5.20. The van der Waals surface area contributed by atoms with Crippen molar-refractivity contribution in [2.45, 2.75) is 32.9 Å². The van der Waals surface area contributed by atoms with Crippen molar-refractivity contribution in [3.63, 3.8) is 0 Å². The Hall–Kier alpha value is -1.10. The third-order valence-electron chi connectivity index (χ3n) is 3.78. The van der Waals surface area contributed by atoms with Crippen molar-refractivity contribution in [3.05, 3.63) is 29.8 Å². The average Bonchev–Trinajstić information content (AvgIpc) is 2.47. The van der Waals surface area contributed by atoms with Gasteiger partial charge in [-0.3, -0.25) is 0 Å². The van der Waals surface area contributed by atoms with E-state index in [4.69, 9.17) is 4.74 Å². The maximum Gasteiger partial charge on any atom is 0.118 e. The van der Waals surface area contributed by atoms with Crippen LogP contribution < -0.4 is 10.1 Å². The van der Waals surface area contributed by atoms with Gasteiger partial charge < -0.3 is 20.1 Å². The summed E-state index contributed by atoms with van der Waals surface area (Å²) in [5.41, 5.74) is 1.22. The van der Waals surface area contributed by atoms with Gasteiger partial charge in [-0.15, -0.1) is 0 Å². The molecule has 1 aromatic rings. The van der Waals surface area contributed by atoms with Gasteiger partial charge in [0.25, 0.3) is 0 Å². The fourth-order valence-electron chi connectivity index (χ4n) is 2.37. The van der Waals surface area contributed by atoms with E-state index in [-0.39, 0.29) is 12.1 Å². The maximum absolute atomic E-state index is 10.1. The number of aliphatic hydroxyl groups excluding tert-OH is 1. The summed E-state index contributed by atoms with van der Waals surface area (Å²) >= 11 is 0. The van der Waals surface area contributed by atoms with E-state index in [0.717, 1.165) is 12.3 Å². The summed E-state index contributed by atoms with van der Waals surface area (Å²) in [6.07, 6.45) is -0.352. The number of hydrogen-bond acceptors (Lipinski definition) is 4. The van der Waals surface area contributed by atoms with Crippen LogP contribution in [0.4, 0.5) is 0 Å². The Morgan fingerprint density at radius 1 is 1.24 bits per heavy atom. The fraction of sp³-hybridized carbons (Fsp3) is 0.647. The monoisotopic (exact) mass is 294 g/mol. The quantitative estimate of drug-likeness (QED) is 0.733. The van der Waals surface area contributed by atoms with Gasteiger partial charge in [-0.25, -0.2) is 0 Å². The smallest absolute Gasteiger partial charge is 0.118 e. The molecular formula is C17H30N2O2. The van der Waals surface area contributed by atoms with Crippen LogP contribution in [0.5, 0.6) is 5.75 Å². The number of hydrogen-bond donors (Lipinski definition) is 2. The molecule has 21 heavy (non-hydrogen) atoms. The number of benzene rings is 1. The number of rotatable bonds is 9. The van der Waals surface area contributed by atoms with Gasteiger partial charge in [-0.1, -0.05) is 32.9 Å². The summed E-state index contributed by atoms with van der Waals surface area (Å²) in [5, 5.41) is 13.6. The Morgan fingerprint density at radius 3 is 2.33 bits per heavy atom. The maximum atomic E-state index is 10.1. The van der Waals surface area contributed by atoms with Crippen molar-refractivity contribution in [1.82, 2.24) is 10.2 Å². The summed E-state index contributed by atoms with van der Waals surface area (Å²) in [7, 11) is 3.69. The van der Waals surface area contributed by atoms with Gasteiger partial charge >= 0.3 is 0 Å². The highest BCUT2D eigenvalue weighted by Gasteiger charge is 2.17. The lowest BCUT2D eigenvalue weighted by molar-refractivity contribution is 0.121. The molecule has 0 saturated carbocycles. The van der Waals surface area contributed by atoms with E-state index in [1.165, 1.54) is 5.56 Å². The topological polar surface area (TPSA) is 44.7 Å². The van der Waals surface area contributed by atoms with E-state index in [1.54, 1.807) is 7.11 Å². The van der Waals surface area contributed by atoms with E-state index in [9.17, 15) is 5.11 Å². The first-order valence-electron chi connectivity index (χ1n) is 7.71. The number of aliphatic hydroxyl groups is 1. The summed E-state index contributed by atoms with van der Waals surface area (Å²) in [5.74, 6) is 1.32. The Kier molecular flexibility index (Phi) is 7.72. The molecule has 1 rings (SSSR count). The number of likely N-dealkylation sites (N-methyl/N-ethyl adjacent to an activating group) is 1. The molecule has 2 unspecified atom stereocenters. The van der Waals surface area contributed by atoms with Crippen molar-refractivity contribution in [2.75, 3.05) is 33.8 Å². The van der Waals surface area contributed by atoms with Crippen LogP contribution in [0.15, 0.2) is 24.3 Å². The number of nitrogens with zero attached hydrogens (tertiary/aromatic N) is 1. The van der Waals surface area contributed by atoms with Crippen molar-refractivity contribution in [2.24, 2.45) is 5.92 Å². The van der Waals surface area contributed by atoms with Gasteiger partial charge in [0, 0.05) is 19.1 Å². The molecular weight excluding hydrogens is 264 g/mol. The molecule has 0 aliphatic carbocycles. The molecule has 0 aliphatic heterocycles. The third kappa shape index (κ3) is 6.04. The largest absolute Gasteiger partial charge is 0.497 e. The minimum absolute atomic E-state index is 0.234. The Bertz CT molecular complexity index is 392. The molecule has 0 saturated heterocycles. The molecule has 4 heteroatoms. The molecule has 120 valence electrons. The molecule has 2 atom stereocenters. The van der Waals surface area contributed by atoms with E-state index in [0.29, 0.717) is 19.0 Å². The summed E-state index contributed by atoms with van der Waals surface area (Å²) in [4.78, 5) is 2.12. The van der Waals surface area contributed by atoms with Gasteiger partial charge in [-0.2, -0.15) is 0 Å². The molecule has 0 aliphatic rings. The first-order chi connectivity index (χ1) is 9.97. The SMILES string of the molecule is CCN(C)CC(O)CNC(c1ccc(OC)cc1)C(C)C. The van der Waals surface area contributed by atoms with Crippen molar-refractivity contribution in [1.29, 1.82) is 0 Å². The highest BCUT2D eigenvalue weighted by atomic mass is 16.5.